The number of nitrogens with zero attached hydrogens (tertiary/aromatic N) is 3. The van der Waals surface area contributed by atoms with E-state index in [-0.39, 0.29) is 18.3 Å². The van der Waals surface area contributed by atoms with E-state index < -0.39 is 17.2 Å². The molecule has 1 aromatic heterocycles. The van der Waals surface area contributed by atoms with Gasteiger partial charge in [-0.05, 0) is 31.0 Å². The second-order valence-corrected chi connectivity index (χ2v) is 6.44. The molecule has 3 rings (SSSR count). The molecule has 2 aromatic carbocycles. The fourth-order valence-electron chi connectivity index (χ4n) is 2.91. The molecule has 0 radical (unpaired) electrons. The molecular weight excluding hydrogens is 356 g/mol. The van der Waals surface area contributed by atoms with Crippen LogP contribution in [0.25, 0.3) is 5.69 Å². The lowest BCUT2D eigenvalue weighted by atomic mass is 10.1. The summed E-state index contributed by atoms with van der Waals surface area (Å²) in [7, 11) is 0. The van der Waals surface area contributed by atoms with Crippen LogP contribution in [0.15, 0.2) is 70.3 Å². The molecule has 7 nitrogen and oxygen atoms in total. The van der Waals surface area contributed by atoms with Gasteiger partial charge >= 0.3 is 5.69 Å². The lowest BCUT2D eigenvalue weighted by molar-refractivity contribution is 0.0930. The lowest BCUT2D eigenvalue weighted by Crippen LogP contribution is -2.46. The number of aromatic nitrogens is 3. The Labute approximate surface area is 162 Å². The Kier molecular flexibility index (Phi) is 5.84. The summed E-state index contributed by atoms with van der Waals surface area (Å²) in [6.07, 6.45) is 0.579. The number of rotatable bonds is 6. The summed E-state index contributed by atoms with van der Waals surface area (Å²) in [6, 6.07) is 17.8. The van der Waals surface area contributed by atoms with E-state index in [1.807, 2.05) is 50.2 Å². The fourth-order valence-corrected chi connectivity index (χ4v) is 2.91. The molecule has 1 amide bonds. The van der Waals surface area contributed by atoms with Crippen molar-refractivity contribution in [2.24, 2.45) is 0 Å². The third kappa shape index (κ3) is 3.93. The summed E-state index contributed by atoms with van der Waals surface area (Å²) in [5.41, 5.74) is -0.161. The van der Waals surface area contributed by atoms with E-state index in [2.05, 4.69) is 10.4 Å². The van der Waals surface area contributed by atoms with E-state index in [1.165, 1.54) is 0 Å². The van der Waals surface area contributed by atoms with Crippen LogP contribution in [0.2, 0.25) is 0 Å². The highest BCUT2D eigenvalue weighted by Gasteiger charge is 2.21. The van der Waals surface area contributed by atoms with Crippen LogP contribution in [0.1, 0.15) is 42.4 Å². The quantitative estimate of drug-likeness (QED) is 0.713. The summed E-state index contributed by atoms with van der Waals surface area (Å²) >= 11 is 0. The maximum absolute atomic E-state index is 12.8. The van der Waals surface area contributed by atoms with Gasteiger partial charge in [0, 0.05) is 6.54 Å². The first-order valence-electron chi connectivity index (χ1n) is 9.18. The molecule has 0 bridgehead atoms. The van der Waals surface area contributed by atoms with Gasteiger partial charge in [0.2, 0.25) is 5.69 Å². The van der Waals surface area contributed by atoms with E-state index in [4.69, 9.17) is 0 Å². The molecule has 1 atom stereocenters. The van der Waals surface area contributed by atoms with Crippen molar-refractivity contribution in [1.29, 1.82) is 0 Å². The van der Waals surface area contributed by atoms with Crippen molar-refractivity contribution in [1.82, 2.24) is 19.7 Å². The van der Waals surface area contributed by atoms with Crippen LogP contribution in [-0.4, -0.2) is 20.3 Å². The number of carbonyl (C=O) groups is 1. The molecule has 1 N–H and O–H groups in total. The van der Waals surface area contributed by atoms with Crippen molar-refractivity contribution >= 4 is 5.91 Å². The second-order valence-electron chi connectivity index (χ2n) is 6.44. The molecule has 0 aliphatic carbocycles. The van der Waals surface area contributed by atoms with Gasteiger partial charge in [-0.3, -0.25) is 14.2 Å². The molecule has 1 unspecified atom stereocenters. The number of amides is 1. The predicted molar refractivity (Wildman–Crippen MR) is 107 cm³/mol. The zero-order valence-corrected chi connectivity index (χ0v) is 15.8. The zero-order chi connectivity index (χ0) is 20.1. The normalized spacial score (nSPS) is 11.8. The smallest absolute Gasteiger partial charge is 0.344 e. The van der Waals surface area contributed by atoms with Crippen molar-refractivity contribution in [3.05, 3.63) is 92.8 Å². The van der Waals surface area contributed by atoms with Crippen molar-refractivity contribution in [3.8, 4) is 5.69 Å². The standard InChI is InChI=1S/C21H22N4O3/c1-3-14-24-20(27)18(19(26)22-15(2)16-10-6-4-7-11-16)23-25(21(24)28)17-12-8-5-9-13-17/h4-13,15H,3,14H2,1-2H3,(H,22,26). The Morgan fingerprint density at radius 3 is 2.25 bits per heavy atom. The van der Waals surface area contributed by atoms with E-state index >= 15 is 0 Å². The predicted octanol–water partition coefficient (Wildman–Crippen LogP) is 2.30. The lowest BCUT2D eigenvalue weighted by Gasteiger charge is -2.15. The highest BCUT2D eigenvalue weighted by molar-refractivity contribution is 5.92. The Balaban J connectivity index is 2.04. The van der Waals surface area contributed by atoms with Crippen molar-refractivity contribution < 1.29 is 4.79 Å². The van der Waals surface area contributed by atoms with E-state index in [0.29, 0.717) is 12.1 Å². The first kappa shape index (κ1) is 19.3. The number of carbonyl (C=O) groups excluding carboxylic acids is 1. The van der Waals surface area contributed by atoms with Gasteiger partial charge < -0.3 is 5.32 Å². The largest absolute Gasteiger partial charge is 0.352 e. The summed E-state index contributed by atoms with van der Waals surface area (Å²) in [4.78, 5) is 38.3. The van der Waals surface area contributed by atoms with Gasteiger partial charge in [0.25, 0.3) is 11.5 Å². The maximum atomic E-state index is 12.8. The molecule has 1 heterocycles. The van der Waals surface area contributed by atoms with Crippen LogP contribution in [0.3, 0.4) is 0 Å². The Bertz CT molecular complexity index is 1070. The number of benzene rings is 2. The van der Waals surface area contributed by atoms with Gasteiger partial charge in [0.05, 0.1) is 11.7 Å². The van der Waals surface area contributed by atoms with Crippen LogP contribution in [-0.2, 0) is 6.54 Å². The maximum Gasteiger partial charge on any atom is 0.352 e. The van der Waals surface area contributed by atoms with E-state index in [1.54, 1.807) is 24.3 Å². The number of para-hydroxylation sites is 1. The Hall–Kier alpha value is -3.48. The summed E-state index contributed by atoms with van der Waals surface area (Å²) in [5.74, 6) is -0.615. The molecular formula is C21H22N4O3. The third-order valence-electron chi connectivity index (χ3n) is 4.37. The molecule has 0 saturated heterocycles. The summed E-state index contributed by atoms with van der Waals surface area (Å²) in [6.45, 7) is 3.89. The molecule has 28 heavy (non-hydrogen) atoms. The first-order chi connectivity index (χ1) is 13.5. The average molecular weight is 378 g/mol. The molecule has 0 aliphatic rings. The molecule has 0 fully saturated rings. The van der Waals surface area contributed by atoms with Crippen molar-refractivity contribution in [3.63, 3.8) is 0 Å². The van der Waals surface area contributed by atoms with Crippen LogP contribution >= 0.6 is 0 Å². The molecule has 144 valence electrons. The van der Waals surface area contributed by atoms with Gasteiger partial charge in [-0.1, -0.05) is 55.5 Å². The Morgan fingerprint density at radius 1 is 1.04 bits per heavy atom. The zero-order valence-electron chi connectivity index (χ0n) is 15.8. The van der Waals surface area contributed by atoms with Crippen LogP contribution in [0.4, 0.5) is 0 Å². The summed E-state index contributed by atoms with van der Waals surface area (Å²) < 4.78 is 2.15. The monoisotopic (exact) mass is 378 g/mol. The number of hydrogen-bond acceptors (Lipinski definition) is 4. The van der Waals surface area contributed by atoms with Gasteiger partial charge in [-0.25, -0.2) is 4.79 Å². The highest BCUT2D eigenvalue weighted by atomic mass is 16.2. The Morgan fingerprint density at radius 2 is 1.64 bits per heavy atom. The van der Waals surface area contributed by atoms with Gasteiger partial charge in [0.15, 0.2) is 0 Å². The highest BCUT2D eigenvalue weighted by Crippen LogP contribution is 2.11. The minimum Gasteiger partial charge on any atom is -0.344 e. The van der Waals surface area contributed by atoms with Crippen LogP contribution < -0.4 is 16.6 Å². The SMILES string of the molecule is CCCn1c(=O)c(C(=O)NC(C)c2ccccc2)nn(-c2ccccc2)c1=O. The minimum atomic E-state index is -0.684. The number of hydrogen-bond donors (Lipinski definition) is 1. The molecule has 3 aromatic rings. The molecule has 0 spiro atoms. The average Bonchev–Trinajstić information content (AvgIpc) is 2.72. The molecule has 7 heteroatoms. The third-order valence-corrected chi connectivity index (χ3v) is 4.37. The van der Waals surface area contributed by atoms with E-state index in [9.17, 15) is 14.4 Å². The van der Waals surface area contributed by atoms with Crippen molar-refractivity contribution in [2.75, 3.05) is 0 Å². The van der Waals surface area contributed by atoms with Crippen LogP contribution in [0, 0.1) is 0 Å². The van der Waals surface area contributed by atoms with Crippen molar-refractivity contribution in [2.45, 2.75) is 32.9 Å². The van der Waals surface area contributed by atoms with Gasteiger partial charge in [-0.15, -0.1) is 0 Å². The minimum absolute atomic E-state index is 0.210. The van der Waals surface area contributed by atoms with Crippen LogP contribution in [0.5, 0.6) is 0 Å². The number of nitrogens with one attached hydrogen (secondary N) is 1. The molecule has 0 aliphatic heterocycles. The summed E-state index contributed by atoms with van der Waals surface area (Å²) in [5, 5.41) is 6.88. The first-order valence-corrected chi connectivity index (χ1v) is 9.18. The fraction of sp³-hybridized carbons (Fsp3) is 0.238. The van der Waals surface area contributed by atoms with Gasteiger partial charge in [0.1, 0.15) is 0 Å². The second kappa shape index (κ2) is 8.47. The molecule has 0 saturated carbocycles. The topological polar surface area (TPSA) is 86.0 Å². The van der Waals surface area contributed by atoms with Gasteiger partial charge in [-0.2, -0.15) is 9.78 Å². The van der Waals surface area contributed by atoms with E-state index in [0.717, 1.165) is 14.8 Å².